The molecule has 0 amide bonds. The Balaban J connectivity index is 2.35. The first-order chi connectivity index (χ1) is 8.26. The number of sulfone groups is 1. The minimum atomic E-state index is -3.07. The monoisotopic (exact) mass is 274 g/mol. The van der Waals surface area contributed by atoms with Gasteiger partial charge in [0, 0.05) is 13.0 Å². The van der Waals surface area contributed by atoms with Crippen LogP contribution in [0.15, 0.2) is 10.6 Å². The van der Waals surface area contributed by atoms with Crippen molar-refractivity contribution in [1.82, 2.24) is 10.3 Å². The molecule has 0 saturated carbocycles. The maximum Gasteiger partial charge on any atom is 0.208 e. The van der Waals surface area contributed by atoms with Gasteiger partial charge in [-0.3, -0.25) is 0 Å². The molecule has 0 aliphatic rings. The van der Waals surface area contributed by atoms with E-state index in [4.69, 9.17) is 4.42 Å². The van der Waals surface area contributed by atoms with Crippen molar-refractivity contribution in [3.05, 3.63) is 17.8 Å². The number of aromatic nitrogens is 1. The highest BCUT2D eigenvalue weighted by Gasteiger charge is 2.28. The Morgan fingerprint density at radius 1 is 1.39 bits per heavy atom. The molecule has 1 aromatic heterocycles. The lowest BCUT2D eigenvalue weighted by Crippen LogP contribution is -2.34. The lowest BCUT2D eigenvalue weighted by molar-refractivity contribution is 0.441. The molecule has 0 radical (unpaired) electrons. The number of oxazole rings is 1. The molecule has 0 bridgehead atoms. The number of rotatable bonds is 6. The molecule has 0 unspecified atom stereocenters. The molecule has 0 atom stereocenters. The van der Waals surface area contributed by atoms with Crippen molar-refractivity contribution >= 4 is 9.84 Å². The average molecular weight is 274 g/mol. The van der Waals surface area contributed by atoms with Crippen LogP contribution >= 0.6 is 0 Å². The summed E-state index contributed by atoms with van der Waals surface area (Å²) in [7, 11) is -3.07. The summed E-state index contributed by atoms with van der Waals surface area (Å²) in [6, 6.07) is 0. The van der Waals surface area contributed by atoms with Gasteiger partial charge in [0.25, 0.3) is 0 Å². The Morgan fingerprint density at radius 3 is 2.56 bits per heavy atom. The number of aryl methyl sites for hydroxylation is 1. The summed E-state index contributed by atoms with van der Waals surface area (Å²) >= 11 is 0. The maximum atomic E-state index is 11.8. The van der Waals surface area contributed by atoms with Gasteiger partial charge in [-0.15, -0.1) is 0 Å². The zero-order chi connectivity index (χ0) is 13.8. The van der Waals surface area contributed by atoms with E-state index in [0.717, 1.165) is 12.2 Å². The fourth-order valence-electron chi connectivity index (χ4n) is 1.30. The van der Waals surface area contributed by atoms with E-state index in [2.05, 4.69) is 10.3 Å². The highest BCUT2D eigenvalue weighted by atomic mass is 32.2. The van der Waals surface area contributed by atoms with E-state index < -0.39 is 14.6 Å². The smallest absolute Gasteiger partial charge is 0.208 e. The number of nitrogens with zero attached hydrogens (tertiary/aromatic N) is 1. The van der Waals surface area contributed by atoms with Crippen LogP contribution in [0.4, 0.5) is 0 Å². The summed E-state index contributed by atoms with van der Waals surface area (Å²) < 4.78 is 28.4. The van der Waals surface area contributed by atoms with Crippen LogP contribution in [-0.4, -0.2) is 30.4 Å². The van der Waals surface area contributed by atoms with Crippen LogP contribution in [0.3, 0.4) is 0 Å². The third-order valence-corrected chi connectivity index (χ3v) is 5.31. The minimum Gasteiger partial charge on any atom is -0.444 e. The normalized spacial score (nSPS) is 12.9. The van der Waals surface area contributed by atoms with E-state index in [9.17, 15) is 8.42 Å². The molecule has 6 heteroatoms. The molecule has 5 nitrogen and oxygen atoms in total. The Hall–Kier alpha value is -0.880. The van der Waals surface area contributed by atoms with Crippen LogP contribution in [0.25, 0.3) is 0 Å². The van der Waals surface area contributed by atoms with Crippen molar-refractivity contribution < 1.29 is 12.8 Å². The predicted molar refractivity (Wildman–Crippen MR) is 71.1 cm³/mol. The third-order valence-electron chi connectivity index (χ3n) is 2.71. The molecule has 1 rings (SSSR count). The summed E-state index contributed by atoms with van der Waals surface area (Å²) in [5.41, 5.74) is 0. The maximum absolute atomic E-state index is 11.8. The van der Waals surface area contributed by atoms with Crippen LogP contribution in [0.5, 0.6) is 0 Å². The molecule has 0 spiro atoms. The van der Waals surface area contributed by atoms with Gasteiger partial charge in [0.15, 0.2) is 9.84 Å². The first-order valence-electron chi connectivity index (χ1n) is 6.13. The van der Waals surface area contributed by atoms with Crippen molar-refractivity contribution in [1.29, 1.82) is 0 Å². The van der Waals surface area contributed by atoms with E-state index in [1.165, 1.54) is 0 Å². The van der Waals surface area contributed by atoms with Gasteiger partial charge in [-0.25, -0.2) is 13.4 Å². The lowest BCUT2D eigenvalue weighted by Gasteiger charge is -2.18. The standard InChI is InChI=1S/C12H22N2O3S/c1-5-10-8-14-11(17-10)9-13-6-7-18(15,16)12(2,3)4/h8,13H,5-7,9H2,1-4H3. The van der Waals surface area contributed by atoms with E-state index in [0.29, 0.717) is 19.0 Å². The third kappa shape index (κ3) is 4.10. The zero-order valence-electron chi connectivity index (χ0n) is 11.5. The average Bonchev–Trinajstić information content (AvgIpc) is 2.70. The van der Waals surface area contributed by atoms with Gasteiger partial charge in [0.05, 0.1) is 23.2 Å². The molecule has 1 heterocycles. The van der Waals surface area contributed by atoms with Gasteiger partial charge in [-0.05, 0) is 20.8 Å². The lowest BCUT2D eigenvalue weighted by atomic mass is 10.3. The Morgan fingerprint density at radius 2 is 2.06 bits per heavy atom. The summed E-state index contributed by atoms with van der Waals surface area (Å²) in [4.78, 5) is 4.09. The van der Waals surface area contributed by atoms with Gasteiger partial charge < -0.3 is 9.73 Å². The highest BCUT2D eigenvalue weighted by molar-refractivity contribution is 7.92. The van der Waals surface area contributed by atoms with Crippen LogP contribution in [-0.2, 0) is 22.8 Å². The summed E-state index contributed by atoms with van der Waals surface area (Å²) in [5.74, 6) is 1.56. The topological polar surface area (TPSA) is 72.2 Å². The van der Waals surface area contributed by atoms with Crippen LogP contribution < -0.4 is 5.32 Å². The second-order valence-electron chi connectivity index (χ2n) is 5.18. The summed E-state index contributed by atoms with van der Waals surface area (Å²) in [6.07, 6.45) is 2.51. The molecule has 1 N–H and O–H groups in total. The van der Waals surface area contributed by atoms with Crippen molar-refractivity contribution in [2.75, 3.05) is 12.3 Å². The van der Waals surface area contributed by atoms with Crippen molar-refractivity contribution in [3.63, 3.8) is 0 Å². The SMILES string of the molecule is CCc1cnc(CNCCS(=O)(=O)C(C)(C)C)o1. The molecule has 18 heavy (non-hydrogen) atoms. The molecule has 0 fully saturated rings. The van der Waals surface area contributed by atoms with E-state index in [1.807, 2.05) is 6.92 Å². The van der Waals surface area contributed by atoms with E-state index >= 15 is 0 Å². The van der Waals surface area contributed by atoms with Crippen LogP contribution in [0, 0.1) is 0 Å². The minimum absolute atomic E-state index is 0.123. The van der Waals surface area contributed by atoms with E-state index in [-0.39, 0.29) is 5.75 Å². The van der Waals surface area contributed by atoms with Crippen molar-refractivity contribution in [3.8, 4) is 0 Å². The number of nitrogens with one attached hydrogen (secondary N) is 1. The summed E-state index contributed by atoms with van der Waals surface area (Å²) in [5, 5.41) is 3.03. The second-order valence-corrected chi connectivity index (χ2v) is 8.04. The molecule has 1 aromatic rings. The highest BCUT2D eigenvalue weighted by Crippen LogP contribution is 2.15. The first kappa shape index (κ1) is 15.2. The fourth-order valence-corrected chi connectivity index (χ4v) is 2.33. The quantitative estimate of drug-likeness (QED) is 0.797. The van der Waals surface area contributed by atoms with E-state index in [1.54, 1.807) is 27.0 Å². The number of hydrogen-bond acceptors (Lipinski definition) is 5. The van der Waals surface area contributed by atoms with Crippen LogP contribution in [0.1, 0.15) is 39.3 Å². The van der Waals surface area contributed by atoms with Gasteiger partial charge in [-0.1, -0.05) is 6.92 Å². The Kier molecular flexibility index (Phi) is 4.92. The van der Waals surface area contributed by atoms with Gasteiger partial charge in [0.2, 0.25) is 5.89 Å². The molecule has 0 saturated heterocycles. The van der Waals surface area contributed by atoms with Gasteiger partial charge >= 0.3 is 0 Å². The molecule has 0 aromatic carbocycles. The van der Waals surface area contributed by atoms with Crippen molar-refractivity contribution in [2.24, 2.45) is 0 Å². The van der Waals surface area contributed by atoms with Crippen molar-refractivity contribution in [2.45, 2.75) is 45.4 Å². The predicted octanol–water partition coefficient (Wildman–Crippen LogP) is 1.54. The summed E-state index contributed by atoms with van der Waals surface area (Å²) in [6.45, 7) is 7.99. The first-order valence-corrected chi connectivity index (χ1v) is 7.78. The van der Waals surface area contributed by atoms with Gasteiger partial charge in [0.1, 0.15) is 5.76 Å². The molecular formula is C12H22N2O3S. The Labute approximate surface area is 109 Å². The zero-order valence-corrected chi connectivity index (χ0v) is 12.3. The Bertz CT molecular complexity index is 472. The molecule has 0 aliphatic carbocycles. The molecular weight excluding hydrogens is 252 g/mol. The molecule has 104 valence electrons. The largest absolute Gasteiger partial charge is 0.444 e. The van der Waals surface area contributed by atoms with Gasteiger partial charge in [-0.2, -0.15) is 0 Å². The fraction of sp³-hybridized carbons (Fsp3) is 0.750. The van der Waals surface area contributed by atoms with Crippen LogP contribution in [0.2, 0.25) is 0 Å². The second kappa shape index (κ2) is 5.84. The number of hydrogen-bond donors (Lipinski definition) is 1. The molecule has 0 aliphatic heterocycles.